The van der Waals surface area contributed by atoms with Crippen molar-refractivity contribution in [2.45, 2.75) is 70.6 Å². The van der Waals surface area contributed by atoms with Crippen molar-refractivity contribution in [1.29, 1.82) is 0 Å². The van der Waals surface area contributed by atoms with E-state index in [4.69, 9.17) is 4.74 Å². The smallest absolute Gasteiger partial charge is 0.223 e. The van der Waals surface area contributed by atoms with Crippen molar-refractivity contribution >= 4 is 35.8 Å². The molecule has 0 aliphatic heterocycles. The maximum absolute atomic E-state index is 13.7. The van der Waals surface area contributed by atoms with Crippen molar-refractivity contribution in [3.05, 3.63) is 30.1 Å². The van der Waals surface area contributed by atoms with E-state index in [0.717, 1.165) is 45.1 Å². The normalized spacial score (nSPS) is 22.4. The number of nitrogens with one attached hydrogen (secondary N) is 3. The molecule has 0 spiro atoms. The van der Waals surface area contributed by atoms with Crippen molar-refractivity contribution < 1.29 is 13.9 Å². The van der Waals surface area contributed by atoms with Crippen LogP contribution in [0, 0.1) is 11.7 Å². The minimum atomic E-state index is -0.369. The lowest BCUT2D eigenvalue weighted by Crippen LogP contribution is -2.47. The average Bonchev–Trinajstić information content (AvgIpc) is 3.52. The molecule has 0 radical (unpaired) electrons. The quantitative estimate of drug-likeness (QED) is 0.272. The molecule has 0 heterocycles. The van der Waals surface area contributed by atoms with Gasteiger partial charge in [-0.2, -0.15) is 0 Å². The van der Waals surface area contributed by atoms with Crippen LogP contribution in [0.1, 0.15) is 52.4 Å². The number of guanidine groups is 1. The van der Waals surface area contributed by atoms with Crippen LogP contribution in [-0.2, 0) is 4.79 Å². The Balaban J connectivity index is 0.00000320. The van der Waals surface area contributed by atoms with Crippen LogP contribution in [0.15, 0.2) is 29.3 Å². The van der Waals surface area contributed by atoms with Gasteiger partial charge in [0.15, 0.2) is 17.5 Å². The van der Waals surface area contributed by atoms with E-state index in [1.807, 2.05) is 13.8 Å². The third-order valence-electron chi connectivity index (χ3n) is 5.33. The number of rotatable bonds is 8. The molecule has 2 saturated carbocycles. The van der Waals surface area contributed by atoms with Gasteiger partial charge < -0.3 is 20.7 Å². The van der Waals surface area contributed by atoms with Crippen LogP contribution < -0.4 is 20.7 Å². The van der Waals surface area contributed by atoms with Gasteiger partial charge in [-0.25, -0.2) is 9.38 Å². The SMILES string of the molecule is CCNC(=NCC(C)Oc1ccccc1F)NC1CCCC(C(=O)NC2CC2)C1.I. The first kappa shape index (κ1) is 24.7. The van der Waals surface area contributed by atoms with Crippen molar-refractivity contribution in [3.63, 3.8) is 0 Å². The van der Waals surface area contributed by atoms with Gasteiger partial charge in [-0.1, -0.05) is 18.6 Å². The summed E-state index contributed by atoms with van der Waals surface area (Å²) < 4.78 is 19.4. The average molecular weight is 532 g/mol. The Morgan fingerprint density at radius 2 is 1.97 bits per heavy atom. The fourth-order valence-corrected chi connectivity index (χ4v) is 3.63. The minimum Gasteiger partial charge on any atom is -0.486 e. The molecule has 168 valence electrons. The Hall–Kier alpha value is -1.58. The van der Waals surface area contributed by atoms with E-state index in [9.17, 15) is 9.18 Å². The van der Waals surface area contributed by atoms with Crippen molar-refractivity contribution in [2.24, 2.45) is 10.9 Å². The molecule has 2 fully saturated rings. The summed E-state index contributed by atoms with van der Waals surface area (Å²) in [6.07, 6.45) is 5.81. The molecule has 3 N–H and O–H groups in total. The fraction of sp³-hybridized carbons (Fsp3) is 0.636. The summed E-state index contributed by atoms with van der Waals surface area (Å²) in [5.74, 6) is 0.863. The molecular weight excluding hydrogens is 498 g/mol. The Kier molecular flexibility index (Phi) is 10.1. The van der Waals surface area contributed by atoms with E-state index in [-0.39, 0.29) is 59.5 Å². The molecule has 1 aromatic carbocycles. The summed E-state index contributed by atoms with van der Waals surface area (Å²) in [7, 11) is 0. The zero-order chi connectivity index (χ0) is 20.6. The number of ether oxygens (including phenoxy) is 1. The Bertz CT molecular complexity index is 714. The highest BCUT2D eigenvalue weighted by molar-refractivity contribution is 14.0. The maximum Gasteiger partial charge on any atom is 0.223 e. The van der Waals surface area contributed by atoms with Gasteiger partial charge >= 0.3 is 0 Å². The van der Waals surface area contributed by atoms with Crippen molar-refractivity contribution in [3.8, 4) is 5.75 Å². The molecule has 0 aromatic heterocycles. The first-order valence-electron chi connectivity index (χ1n) is 10.8. The Morgan fingerprint density at radius 3 is 2.67 bits per heavy atom. The number of carbonyl (C=O) groups is 1. The summed E-state index contributed by atoms with van der Waals surface area (Å²) in [5.41, 5.74) is 0. The number of para-hydroxylation sites is 1. The first-order chi connectivity index (χ1) is 14.0. The predicted octanol–water partition coefficient (Wildman–Crippen LogP) is 3.60. The summed E-state index contributed by atoms with van der Waals surface area (Å²) in [6.45, 7) is 5.04. The molecule has 6 nitrogen and oxygen atoms in total. The number of aliphatic imine (C=N–C) groups is 1. The standard InChI is InChI=1S/C22H33FN4O2.HI/c1-3-24-22(25-14-15(2)29-20-10-5-4-9-19(20)23)27-18-8-6-7-16(13-18)21(28)26-17-11-12-17;/h4-5,9-10,15-18H,3,6-8,11-14H2,1-2H3,(H,26,28)(H2,24,25,27);1H. The second-order valence-electron chi connectivity index (χ2n) is 8.07. The molecule has 0 bridgehead atoms. The lowest BCUT2D eigenvalue weighted by Gasteiger charge is -2.30. The maximum atomic E-state index is 13.7. The minimum absolute atomic E-state index is 0. The van der Waals surface area contributed by atoms with E-state index in [0.29, 0.717) is 18.5 Å². The highest BCUT2D eigenvalue weighted by atomic mass is 127. The van der Waals surface area contributed by atoms with E-state index in [2.05, 4.69) is 20.9 Å². The zero-order valence-electron chi connectivity index (χ0n) is 17.8. The van der Waals surface area contributed by atoms with Crippen LogP contribution in [0.5, 0.6) is 5.75 Å². The molecule has 2 aliphatic carbocycles. The highest BCUT2D eigenvalue weighted by Gasteiger charge is 2.31. The van der Waals surface area contributed by atoms with E-state index in [1.54, 1.807) is 18.2 Å². The molecule has 1 amide bonds. The van der Waals surface area contributed by atoms with E-state index in [1.165, 1.54) is 6.07 Å². The first-order valence-corrected chi connectivity index (χ1v) is 10.8. The van der Waals surface area contributed by atoms with E-state index >= 15 is 0 Å². The third kappa shape index (κ3) is 7.92. The summed E-state index contributed by atoms with van der Waals surface area (Å²) >= 11 is 0. The van der Waals surface area contributed by atoms with Gasteiger partial charge in [0.2, 0.25) is 5.91 Å². The number of nitrogens with zero attached hydrogens (tertiary/aromatic N) is 1. The molecule has 30 heavy (non-hydrogen) atoms. The third-order valence-corrected chi connectivity index (χ3v) is 5.33. The van der Waals surface area contributed by atoms with Crippen molar-refractivity contribution in [2.75, 3.05) is 13.1 Å². The topological polar surface area (TPSA) is 74.8 Å². The van der Waals surface area contributed by atoms with Crippen LogP contribution in [0.2, 0.25) is 0 Å². The molecule has 2 aliphatic rings. The Labute approximate surface area is 195 Å². The van der Waals surface area contributed by atoms with Crippen LogP contribution in [0.3, 0.4) is 0 Å². The van der Waals surface area contributed by atoms with Gasteiger partial charge in [0.1, 0.15) is 6.10 Å². The molecule has 8 heteroatoms. The van der Waals surface area contributed by atoms with Gasteiger partial charge in [-0.15, -0.1) is 24.0 Å². The number of hydrogen-bond acceptors (Lipinski definition) is 3. The summed E-state index contributed by atoms with van der Waals surface area (Å²) in [6, 6.07) is 7.02. The highest BCUT2D eigenvalue weighted by Crippen LogP contribution is 2.26. The Morgan fingerprint density at radius 1 is 1.20 bits per heavy atom. The van der Waals surface area contributed by atoms with Gasteiger partial charge in [-0.3, -0.25) is 4.79 Å². The molecular formula is C22H34FIN4O2. The predicted molar refractivity (Wildman–Crippen MR) is 128 cm³/mol. The molecule has 0 saturated heterocycles. The lowest BCUT2D eigenvalue weighted by molar-refractivity contribution is -0.126. The van der Waals surface area contributed by atoms with Crippen LogP contribution >= 0.6 is 24.0 Å². The number of hydrogen-bond donors (Lipinski definition) is 3. The van der Waals surface area contributed by atoms with E-state index < -0.39 is 0 Å². The fourth-order valence-electron chi connectivity index (χ4n) is 3.63. The largest absolute Gasteiger partial charge is 0.486 e. The molecule has 1 aromatic rings. The molecule has 3 unspecified atom stereocenters. The summed E-state index contributed by atoms with van der Waals surface area (Å²) in [5, 5.41) is 9.86. The number of carbonyl (C=O) groups excluding carboxylic acids is 1. The second kappa shape index (κ2) is 12.3. The summed E-state index contributed by atoms with van der Waals surface area (Å²) in [4.78, 5) is 17.0. The van der Waals surface area contributed by atoms with Gasteiger partial charge in [0, 0.05) is 24.5 Å². The number of halogens is 2. The zero-order valence-corrected chi connectivity index (χ0v) is 20.2. The monoisotopic (exact) mass is 532 g/mol. The van der Waals surface area contributed by atoms with Gasteiger partial charge in [0.05, 0.1) is 6.54 Å². The van der Waals surface area contributed by atoms with Crippen LogP contribution in [0.25, 0.3) is 0 Å². The molecule has 3 rings (SSSR count). The van der Waals surface area contributed by atoms with Gasteiger partial charge in [-0.05, 0) is 58.1 Å². The van der Waals surface area contributed by atoms with Gasteiger partial charge in [0.25, 0.3) is 0 Å². The van der Waals surface area contributed by atoms with Crippen LogP contribution in [0.4, 0.5) is 4.39 Å². The number of amides is 1. The number of benzene rings is 1. The second-order valence-corrected chi connectivity index (χ2v) is 8.07. The lowest BCUT2D eigenvalue weighted by atomic mass is 9.85. The van der Waals surface area contributed by atoms with Crippen molar-refractivity contribution in [1.82, 2.24) is 16.0 Å². The van der Waals surface area contributed by atoms with Crippen LogP contribution in [-0.4, -0.2) is 43.1 Å². The molecule has 3 atom stereocenters.